The highest BCUT2D eigenvalue weighted by Crippen LogP contribution is 2.23. The van der Waals surface area contributed by atoms with Gasteiger partial charge in [-0.25, -0.2) is 4.98 Å². The van der Waals surface area contributed by atoms with Gasteiger partial charge in [-0.2, -0.15) is 4.98 Å². The van der Waals surface area contributed by atoms with Crippen molar-refractivity contribution < 1.29 is 22.4 Å². The number of alkyl halides is 3. The zero-order valence-corrected chi connectivity index (χ0v) is 17.0. The SMILES string of the molecule is C=C(/C=C\C(=C/C)OC(F)(F)F)c1ccc2nc(C)n(Cc3nc(C)no3)c(=O)c2c1. The van der Waals surface area contributed by atoms with Crippen molar-refractivity contribution in [1.29, 1.82) is 0 Å². The first-order valence-corrected chi connectivity index (χ1v) is 9.17. The van der Waals surface area contributed by atoms with Crippen LogP contribution in [0.2, 0.25) is 0 Å². The second kappa shape index (κ2) is 8.58. The van der Waals surface area contributed by atoms with Crippen molar-refractivity contribution in [3.8, 4) is 0 Å². The standard InChI is InChI=1S/C21H19F3N4O3/c1-5-16(30-21(22,23)24)8-6-12(2)15-7-9-18-17(10-15)20(29)28(14(4)26-18)11-19-25-13(3)27-31-19/h5-10H,2,11H2,1,3-4H3/b8-6-,16-5+. The largest absolute Gasteiger partial charge is 0.573 e. The van der Waals surface area contributed by atoms with Crippen molar-refractivity contribution in [3.05, 3.63) is 82.2 Å². The highest BCUT2D eigenvalue weighted by molar-refractivity contribution is 5.84. The maximum Gasteiger partial charge on any atom is 0.573 e. The average molecular weight is 432 g/mol. The molecule has 0 fully saturated rings. The van der Waals surface area contributed by atoms with Gasteiger partial charge in [-0.15, -0.1) is 13.2 Å². The molecule has 0 N–H and O–H groups in total. The zero-order chi connectivity index (χ0) is 22.8. The third-order valence-corrected chi connectivity index (χ3v) is 4.35. The molecule has 0 amide bonds. The van der Waals surface area contributed by atoms with Gasteiger partial charge in [-0.3, -0.25) is 9.36 Å². The Morgan fingerprint density at radius 3 is 2.61 bits per heavy atom. The number of ether oxygens (including phenoxy) is 1. The van der Waals surface area contributed by atoms with E-state index in [0.717, 1.165) is 6.08 Å². The molecule has 0 aliphatic heterocycles. The Morgan fingerprint density at radius 2 is 2.00 bits per heavy atom. The van der Waals surface area contributed by atoms with Crippen LogP contribution in [0.25, 0.3) is 16.5 Å². The number of benzene rings is 1. The van der Waals surface area contributed by atoms with Gasteiger partial charge in [0.2, 0.25) is 5.89 Å². The number of hydrogen-bond donors (Lipinski definition) is 0. The molecule has 0 radical (unpaired) electrons. The topological polar surface area (TPSA) is 83.0 Å². The Hall–Kier alpha value is -3.69. The zero-order valence-electron chi connectivity index (χ0n) is 17.0. The molecule has 3 aromatic rings. The fourth-order valence-corrected chi connectivity index (χ4v) is 2.86. The Labute approximate surface area is 175 Å². The number of rotatable bonds is 6. The Kier molecular flexibility index (Phi) is 6.09. The lowest BCUT2D eigenvalue weighted by atomic mass is 10.0. The number of hydrogen-bond acceptors (Lipinski definition) is 6. The number of fused-ring (bicyclic) bond motifs is 1. The Balaban J connectivity index is 1.93. The van der Waals surface area contributed by atoms with Crippen LogP contribution >= 0.6 is 0 Å². The molecule has 0 aliphatic rings. The minimum absolute atomic E-state index is 0.0684. The molecule has 1 aromatic carbocycles. The first-order chi connectivity index (χ1) is 14.6. The van der Waals surface area contributed by atoms with E-state index < -0.39 is 6.36 Å². The van der Waals surface area contributed by atoms with Crippen molar-refractivity contribution in [2.24, 2.45) is 0 Å². The fraction of sp³-hybridized carbons (Fsp3) is 0.238. The maximum absolute atomic E-state index is 13.0. The molecule has 0 unspecified atom stereocenters. The van der Waals surface area contributed by atoms with Gasteiger partial charge < -0.3 is 9.26 Å². The molecule has 31 heavy (non-hydrogen) atoms. The van der Waals surface area contributed by atoms with Crippen molar-refractivity contribution in [2.75, 3.05) is 0 Å². The molecule has 3 rings (SSSR count). The van der Waals surface area contributed by atoms with Gasteiger partial charge in [0.25, 0.3) is 5.56 Å². The highest BCUT2D eigenvalue weighted by Gasteiger charge is 2.31. The second-order valence-corrected chi connectivity index (χ2v) is 6.61. The molecular weight excluding hydrogens is 413 g/mol. The summed E-state index contributed by atoms with van der Waals surface area (Å²) in [6.45, 7) is 8.72. The van der Waals surface area contributed by atoms with E-state index in [4.69, 9.17) is 4.52 Å². The van der Waals surface area contributed by atoms with Gasteiger partial charge in [0.1, 0.15) is 18.1 Å². The van der Waals surface area contributed by atoms with Gasteiger partial charge in [0, 0.05) is 0 Å². The van der Waals surface area contributed by atoms with E-state index in [2.05, 4.69) is 26.4 Å². The van der Waals surface area contributed by atoms with Crippen LogP contribution in [0.15, 0.2) is 58.1 Å². The molecular formula is C21H19F3N4O3. The van der Waals surface area contributed by atoms with Crippen LogP contribution in [0.1, 0.15) is 30.0 Å². The predicted octanol–water partition coefficient (Wildman–Crippen LogP) is 4.45. The monoisotopic (exact) mass is 432 g/mol. The van der Waals surface area contributed by atoms with E-state index >= 15 is 0 Å². The summed E-state index contributed by atoms with van der Waals surface area (Å²) in [5.41, 5.74) is 1.11. The summed E-state index contributed by atoms with van der Waals surface area (Å²) in [6, 6.07) is 4.93. The van der Waals surface area contributed by atoms with E-state index in [1.807, 2.05) is 0 Å². The number of aryl methyl sites for hydroxylation is 2. The summed E-state index contributed by atoms with van der Waals surface area (Å²) in [4.78, 5) is 21.6. The highest BCUT2D eigenvalue weighted by atomic mass is 19.4. The smallest absolute Gasteiger partial charge is 0.406 e. The Bertz CT molecular complexity index is 1250. The van der Waals surface area contributed by atoms with Gasteiger partial charge in [-0.05, 0) is 56.2 Å². The average Bonchev–Trinajstić information content (AvgIpc) is 3.12. The van der Waals surface area contributed by atoms with Crippen molar-refractivity contribution in [1.82, 2.24) is 19.7 Å². The normalized spacial score (nSPS) is 12.6. The van der Waals surface area contributed by atoms with Crippen LogP contribution < -0.4 is 5.56 Å². The lowest BCUT2D eigenvalue weighted by Crippen LogP contribution is -2.24. The molecule has 0 saturated heterocycles. The summed E-state index contributed by atoms with van der Waals surface area (Å²) < 4.78 is 47.6. The molecule has 0 saturated carbocycles. The summed E-state index contributed by atoms with van der Waals surface area (Å²) in [5.74, 6) is 0.830. The van der Waals surface area contributed by atoms with Crippen LogP contribution in [0.4, 0.5) is 13.2 Å². The lowest BCUT2D eigenvalue weighted by Gasteiger charge is -2.10. The van der Waals surface area contributed by atoms with E-state index in [9.17, 15) is 18.0 Å². The van der Waals surface area contributed by atoms with E-state index in [1.54, 1.807) is 32.0 Å². The van der Waals surface area contributed by atoms with Crippen LogP contribution in [-0.4, -0.2) is 26.1 Å². The van der Waals surface area contributed by atoms with E-state index in [1.165, 1.54) is 23.6 Å². The number of nitrogens with zero attached hydrogens (tertiary/aromatic N) is 4. The molecule has 7 nitrogen and oxygen atoms in total. The third-order valence-electron chi connectivity index (χ3n) is 4.35. The van der Waals surface area contributed by atoms with Crippen molar-refractivity contribution >= 4 is 16.5 Å². The van der Waals surface area contributed by atoms with Crippen LogP contribution in [-0.2, 0) is 11.3 Å². The first kappa shape index (κ1) is 22.0. The summed E-state index contributed by atoms with van der Waals surface area (Å²) in [6.07, 6.45) is -1.07. The van der Waals surface area contributed by atoms with E-state index in [0.29, 0.717) is 33.7 Å². The third kappa shape index (κ3) is 5.27. The molecule has 0 aliphatic carbocycles. The lowest BCUT2D eigenvalue weighted by molar-refractivity contribution is -0.303. The van der Waals surface area contributed by atoms with E-state index in [-0.39, 0.29) is 23.8 Å². The van der Waals surface area contributed by atoms with Crippen LogP contribution in [0.5, 0.6) is 0 Å². The molecule has 10 heteroatoms. The summed E-state index contributed by atoms with van der Waals surface area (Å²) in [5, 5.41) is 4.03. The van der Waals surface area contributed by atoms with Gasteiger partial charge >= 0.3 is 6.36 Å². The van der Waals surface area contributed by atoms with Gasteiger partial charge in [0.15, 0.2) is 5.82 Å². The summed E-state index contributed by atoms with van der Waals surface area (Å²) in [7, 11) is 0. The first-order valence-electron chi connectivity index (χ1n) is 9.17. The minimum Gasteiger partial charge on any atom is -0.406 e. The fourth-order valence-electron chi connectivity index (χ4n) is 2.86. The van der Waals surface area contributed by atoms with Crippen LogP contribution in [0, 0.1) is 13.8 Å². The molecule has 0 atom stereocenters. The quantitative estimate of drug-likeness (QED) is 0.423. The van der Waals surface area contributed by atoms with Gasteiger partial charge in [-0.1, -0.05) is 23.9 Å². The predicted molar refractivity (Wildman–Crippen MR) is 108 cm³/mol. The number of allylic oxidation sites excluding steroid dienone is 4. The summed E-state index contributed by atoms with van der Waals surface area (Å²) >= 11 is 0. The Morgan fingerprint density at radius 1 is 1.26 bits per heavy atom. The molecule has 0 spiro atoms. The molecule has 162 valence electrons. The molecule has 0 bridgehead atoms. The molecule has 2 aromatic heterocycles. The number of halogens is 3. The molecule has 2 heterocycles. The minimum atomic E-state index is -4.79. The van der Waals surface area contributed by atoms with Crippen LogP contribution in [0.3, 0.4) is 0 Å². The van der Waals surface area contributed by atoms with Crippen molar-refractivity contribution in [2.45, 2.75) is 33.7 Å². The second-order valence-electron chi connectivity index (χ2n) is 6.61. The number of aromatic nitrogens is 4. The maximum atomic E-state index is 13.0. The van der Waals surface area contributed by atoms with Crippen molar-refractivity contribution in [3.63, 3.8) is 0 Å². The van der Waals surface area contributed by atoms with Gasteiger partial charge in [0.05, 0.1) is 10.9 Å².